The molecule has 4 amide bonds. The third kappa shape index (κ3) is 35.4. The Hall–Kier alpha value is -5.91. The van der Waals surface area contributed by atoms with Crippen LogP contribution in [-0.4, -0.2) is 200 Å². The summed E-state index contributed by atoms with van der Waals surface area (Å²) in [5, 5.41) is 0. The molecular weight excluding hydrogens is 1150 g/mol. The van der Waals surface area contributed by atoms with Gasteiger partial charge < -0.3 is 57.6 Å². The number of nitrogens with one attached hydrogen (secondary N) is 2. The molecule has 0 spiro atoms. The lowest BCUT2D eigenvalue weighted by Gasteiger charge is -2.24. The van der Waals surface area contributed by atoms with Crippen molar-refractivity contribution in [2.75, 3.05) is 78.1 Å². The van der Waals surface area contributed by atoms with Crippen molar-refractivity contribution in [1.82, 2.24) is 58.6 Å². The number of aromatic amines is 2. The number of imidazole rings is 4. The molecule has 4 aliphatic heterocycles. The fourth-order valence-corrected chi connectivity index (χ4v) is 9.00. The van der Waals surface area contributed by atoms with E-state index in [0.717, 1.165) is 77.5 Å². The molecule has 2 N–H and O–H groups in total. The van der Waals surface area contributed by atoms with Crippen molar-refractivity contribution in [2.24, 2.45) is 23.7 Å². The highest BCUT2D eigenvalue weighted by Gasteiger charge is 2.34. The second kappa shape index (κ2) is 35.5. The summed E-state index contributed by atoms with van der Waals surface area (Å²) in [5.41, 5.74) is -1.87. The molecule has 4 atom stereocenters. The summed E-state index contributed by atoms with van der Waals surface area (Å²) >= 11 is 0. The quantitative estimate of drug-likeness (QED) is 0.111. The van der Waals surface area contributed by atoms with Gasteiger partial charge in [-0.15, -0.1) is 0 Å². The van der Waals surface area contributed by atoms with E-state index < -0.39 is 42.6 Å². The Morgan fingerprint density at radius 3 is 0.940 bits per heavy atom. The van der Waals surface area contributed by atoms with Crippen molar-refractivity contribution in [2.45, 2.75) is 152 Å². The van der Waals surface area contributed by atoms with Gasteiger partial charge in [-0.05, 0) is 121 Å². The Labute approximate surface area is 506 Å². The summed E-state index contributed by atoms with van der Waals surface area (Å²) in [4.78, 5) is 74.9. The van der Waals surface area contributed by atoms with Crippen LogP contribution in [0.1, 0.15) is 116 Å². The van der Waals surface area contributed by atoms with Gasteiger partial charge in [-0.25, -0.2) is 39.1 Å². The molecule has 26 nitrogen and oxygen atoms in total. The summed E-state index contributed by atoms with van der Waals surface area (Å²) in [6.45, 7) is 29.5. The SMILES string of the molecule is C.CC(C)(C)OC(=O)N1CC[C@@H](COS(C)(=O)=O)C1.CC(C)(C)OC(=O)N1CC[C@@H](Cn2ccnc2)C1.CC(C)(C)OC(=O)N1CC[C@H](COS(C)(=O)=O)C1.CC(C)(C)OC(=O)N1CC[C@H](Cn2ccnc2)C1.S.c1c[nH]cn1.c1c[nH]cn1. The predicted molar refractivity (Wildman–Crippen MR) is 324 cm³/mol. The minimum Gasteiger partial charge on any atom is -0.444 e. The van der Waals surface area contributed by atoms with Gasteiger partial charge in [-0.3, -0.25) is 8.37 Å². The first-order valence-corrected chi connectivity index (χ1v) is 31.0. The maximum atomic E-state index is 11.9. The Morgan fingerprint density at radius 2 is 0.738 bits per heavy atom. The Balaban J connectivity index is 0.000000524. The van der Waals surface area contributed by atoms with Gasteiger partial charge in [0.15, 0.2) is 0 Å². The van der Waals surface area contributed by atoms with Crippen LogP contribution >= 0.6 is 13.5 Å². The largest absolute Gasteiger partial charge is 0.444 e. The molecule has 0 bridgehead atoms. The molecule has 4 aromatic heterocycles. The maximum Gasteiger partial charge on any atom is 0.410 e. The normalized spacial score (nSPS) is 18.6. The van der Waals surface area contributed by atoms with Gasteiger partial charge >= 0.3 is 24.4 Å². The van der Waals surface area contributed by atoms with E-state index in [2.05, 4.69) is 39.0 Å². The van der Waals surface area contributed by atoms with Crippen molar-refractivity contribution in [3.05, 3.63) is 74.9 Å². The Bertz CT molecular complexity index is 2440. The van der Waals surface area contributed by atoms with Crippen molar-refractivity contribution < 1.29 is 63.3 Å². The highest BCUT2D eigenvalue weighted by atomic mass is 32.2. The van der Waals surface area contributed by atoms with Crippen molar-refractivity contribution in [3.63, 3.8) is 0 Å². The second-order valence-electron chi connectivity index (χ2n) is 24.3. The number of carbonyl (C=O) groups excluding carboxylic acids is 4. The number of hydrogen-bond acceptors (Lipinski definition) is 18. The van der Waals surface area contributed by atoms with Crippen LogP contribution in [0.25, 0.3) is 0 Å². The summed E-state index contributed by atoms with van der Waals surface area (Å²) < 4.78 is 78.3. The lowest BCUT2D eigenvalue weighted by atomic mass is 10.1. The average molecular weight is 1250 g/mol. The minimum absolute atomic E-state index is 0. The van der Waals surface area contributed by atoms with E-state index in [-0.39, 0.29) is 70.3 Å². The smallest absolute Gasteiger partial charge is 0.410 e. The molecule has 4 fully saturated rings. The topological polar surface area (TPSA) is 298 Å². The van der Waals surface area contributed by atoms with Crippen molar-refractivity contribution in [3.8, 4) is 0 Å². The number of carbonyl (C=O) groups is 4. The van der Waals surface area contributed by atoms with E-state index in [1.165, 1.54) is 0 Å². The fourth-order valence-electron chi connectivity index (χ4n) is 8.13. The van der Waals surface area contributed by atoms with Crippen LogP contribution in [0.4, 0.5) is 19.2 Å². The van der Waals surface area contributed by atoms with Crippen molar-refractivity contribution >= 4 is 58.1 Å². The highest BCUT2D eigenvalue weighted by molar-refractivity contribution is 7.86. The first kappa shape index (κ1) is 76.1. The van der Waals surface area contributed by atoms with Gasteiger partial charge in [0.1, 0.15) is 22.4 Å². The van der Waals surface area contributed by atoms with E-state index in [9.17, 15) is 36.0 Å². The van der Waals surface area contributed by atoms with Gasteiger partial charge in [0.05, 0.1) is 51.0 Å². The van der Waals surface area contributed by atoms with E-state index in [0.29, 0.717) is 38.0 Å². The van der Waals surface area contributed by atoms with Crippen LogP contribution in [0.15, 0.2) is 74.9 Å². The molecular formula is C55H98N12O14S3. The molecule has 4 aliphatic rings. The molecule has 84 heavy (non-hydrogen) atoms. The van der Waals surface area contributed by atoms with Crippen LogP contribution in [0.2, 0.25) is 0 Å². The van der Waals surface area contributed by atoms with Crippen LogP contribution in [-0.2, 0) is 60.6 Å². The molecule has 8 rings (SSSR count). The summed E-state index contributed by atoms with van der Waals surface area (Å²) in [6.07, 6.45) is 25.7. The standard InChI is InChI=1S/2C13H21N3O2.2C11H21NO5S.2C3H4N2.CH4.H2S/c2*1-13(2,3)18-12(17)16-6-4-11(9-16)8-15-7-5-14-10-15;2*1-11(2,3)17-10(13)12-6-5-9(7-12)8-16-18(4,14)15;2*1-2-5-3-4-1;;/h2*5,7,10-11H,4,6,8-9H2,1-3H3;2*9H,5-8H2,1-4H3;2*1-3H,(H,4,5);1H4;1H2/t2*11-;2*9-;;;;/m1010..../s1. The van der Waals surface area contributed by atoms with E-state index in [4.69, 9.17) is 27.3 Å². The highest BCUT2D eigenvalue weighted by Crippen LogP contribution is 2.24. The molecule has 0 radical (unpaired) electrons. The summed E-state index contributed by atoms with van der Waals surface area (Å²) in [6, 6.07) is 0. The van der Waals surface area contributed by atoms with Gasteiger partial charge in [-0.2, -0.15) is 30.3 Å². The number of aromatic nitrogens is 8. The number of nitrogens with zero attached hydrogens (tertiary/aromatic N) is 10. The number of amides is 4. The molecule has 0 saturated carbocycles. The van der Waals surface area contributed by atoms with Gasteiger partial charge in [0, 0.05) is 127 Å². The molecule has 4 saturated heterocycles. The maximum absolute atomic E-state index is 11.9. The molecule has 29 heteroatoms. The van der Waals surface area contributed by atoms with Crippen LogP contribution in [0.3, 0.4) is 0 Å². The lowest BCUT2D eigenvalue weighted by molar-refractivity contribution is 0.0274. The first-order chi connectivity index (χ1) is 38.0. The number of H-pyrrole nitrogens is 2. The zero-order valence-corrected chi connectivity index (χ0v) is 53.7. The second-order valence-corrected chi connectivity index (χ2v) is 27.6. The molecule has 4 aromatic rings. The van der Waals surface area contributed by atoms with Gasteiger partial charge in [-0.1, -0.05) is 7.43 Å². The summed E-state index contributed by atoms with van der Waals surface area (Å²) in [7, 11) is -6.83. The Kier molecular flexibility index (Phi) is 32.2. The minimum atomic E-state index is -3.41. The van der Waals surface area contributed by atoms with E-state index in [1.54, 1.807) is 69.4 Å². The van der Waals surface area contributed by atoms with Crippen LogP contribution in [0.5, 0.6) is 0 Å². The molecule has 480 valence electrons. The predicted octanol–water partition coefficient (Wildman–Crippen LogP) is 8.29. The zero-order valence-electron chi connectivity index (χ0n) is 51.1. The number of hydrogen-bond donors (Lipinski definition) is 2. The Morgan fingerprint density at radius 1 is 0.464 bits per heavy atom. The van der Waals surface area contributed by atoms with E-state index >= 15 is 0 Å². The first-order valence-electron chi connectivity index (χ1n) is 27.4. The third-order valence-electron chi connectivity index (χ3n) is 11.7. The monoisotopic (exact) mass is 1250 g/mol. The van der Waals surface area contributed by atoms with Crippen molar-refractivity contribution in [1.29, 1.82) is 0 Å². The molecule has 8 heterocycles. The van der Waals surface area contributed by atoms with Gasteiger partial charge in [0.2, 0.25) is 0 Å². The lowest BCUT2D eigenvalue weighted by Crippen LogP contribution is -2.35. The van der Waals surface area contributed by atoms with Crippen LogP contribution in [0, 0.1) is 23.7 Å². The van der Waals surface area contributed by atoms with E-state index in [1.807, 2.05) is 108 Å². The average Bonchev–Trinajstić information content (AvgIpc) is 4.24. The number of ether oxygens (including phenoxy) is 4. The zero-order chi connectivity index (χ0) is 61.4. The van der Waals surface area contributed by atoms with Gasteiger partial charge in [0.25, 0.3) is 20.2 Å². The van der Waals surface area contributed by atoms with Crippen LogP contribution < -0.4 is 0 Å². The summed E-state index contributed by atoms with van der Waals surface area (Å²) in [5.74, 6) is 1.08. The molecule has 0 aromatic carbocycles. The third-order valence-corrected chi connectivity index (χ3v) is 12.8. The number of rotatable bonds is 10. The fraction of sp³-hybridized carbons (Fsp3) is 0.709. The number of likely N-dealkylation sites (tertiary alicyclic amines) is 4. The molecule has 0 unspecified atom stereocenters. The molecule has 0 aliphatic carbocycles.